The van der Waals surface area contributed by atoms with Gasteiger partial charge in [0.2, 0.25) is 10.0 Å². The zero-order chi connectivity index (χ0) is 13.1. The third-order valence-corrected chi connectivity index (χ3v) is 5.13. The van der Waals surface area contributed by atoms with Gasteiger partial charge in [0, 0.05) is 12.6 Å². The third-order valence-electron chi connectivity index (χ3n) is 3.31. The number of piperidine rings is 1. The Hall–Kier alpha value is -0.640. The topological polar surface area (TPSA) is 73.2 Å². The van der Waals surface area contributed by atoms with Crippen LogP contribution in [0, 0.1) is 17.2 Å². The summed E-state index contributed by atoms with van der Waals surface area (Å²) in [6, 6.07) is 1.80. The first-order chi connectivity index (χ1) is 7.90. The van der Waals surface area contributed by atoms with Crippen molar-refractivity contribution in [2.24, 2.45) is 5.92 Å². The van der Waals surface area contributed by atoms with Crippen molar-refractivity contribution in [1.29, 1.82) is 5.26 Å². The van der Waals surface area contributed by atoms with Crippen LogP contribution in [0.4, 0.5) is 0 Å². The van der Waals surface area contributed by atoms with E-state index in [4.69, 9.17) is 5.26 Å². The first-order valence-electron chi connectivity index (χ1n) is 6.00. The molecule has 98 valence electrons. The number of rotatable bonds is 4. The van der Waals surface area contributed by atoms with E-state index in [9.17, 15) is 8.42 Å². The van der Waals surface area contributed by atoms with Gasteiger partial charge in [0.1, 0.15) is 0 Å². The van der Waals surface area contributed by atoms with Crippen LogP contribution in [0.5, 0.6) is 0 Å². The lowest BCUT2D eigenvalue weighted by atomic mass is 9.95. The number of sulfonamides is 1. The zero-order valence-corrected chi connectivity index (χ0v) is 11.5. The van der Waals surface area contributed by atoms with Gasteiger partial charge in [-0.3, -0.25) is 0 Å². The monoisotopic (exact) mass is 259 g/mol. The molecule has 0 amide bonds. The van der Waals surface area contributed by atoms with E-state index in [1.165, 1.54) is 0 Å². The van der Waals surface area contributed by atoms with E-state index < -0.39 is 15.3 Å². The first kappa shape index (κ1) is 14.4. The Morgan fingerprint density at radius 1 is 1.59 bits per heavy atom. The van der Waals surface area contributed by atoms with E-state index in [0.717, 1.165) is 19.5 Å². The molecule has 0 radical (unpaired) electrons. The zero-order valence-electron chi connectivity index (χ0n) is 10.7. The summed E-state index contributed by atoms with van der Waals surface area (Å²) in [6.45, 7) is 5.53. The van der Waals surface area contributed by atoms with Gasteiger partial charge in [-0.1, -0.05) is 13.8 Å². The molecule has 0 aromatic heterocycles. The summed E-state index contributed by atoms with van der Waals surface area (Å²) in [5.74, 6) is 0.278. The molecule has 0 bridgehead atoms. The van der Waals surface area contributed by atoms with Gasteiger partial charge in [0.05, 0.1) is 6.07 Å². The smallest absolute Gasteiger partial charge is 0.228 e. The molecule has 0 saturated carbocycles. The van der Waals surface area contributed by atoms with Gasteiger partial charge in [0.15, 0.2) is 5.25 Å². The molecule has 0 aromatic rings. The van der Waals surface area contributed by atoms with E-state index in [1.807, 2.05) is 20.0 Å². The molecule has 3 unspecified atom stereocenters. The number of likely N-dealkylation sites (tertiary alicyclic amines) is 1. The highest BCUT2D eigenvalue weighted by atomic mass is 32.2. The highest BCUT2D eigenvalue weighted by Crippen LogP contribution is 2.17. The van der Waals surface area contributed by atoms with Crippen molar-refractivity contribution in [1.82, 2.24) is 9.62 Å². The average molecular weight is 259 g/mol. The number of hydrogen-bond acceptors (Lipinski definition) is 4. The van der Waals surface area contributed by atoms with E-state index in [0.29, 0.717) is 6.42 Å². The molecule has 1 aliphatic rings. The summed E-state index contributed by atoms with van der Waals surface area (Å²) in [5.41, 5.74) is 0. The maximum absolute atomic E-state index is 11.9. The second-order valence-electron chi connectivity index (χ2n) is 4.82. The molecule has 0 spiro atoms. The fourth-order valence-electron chi connectivity index (χ4n) is 2.20. The summed E-state index contributed by atoms with van der Waals surface area (Å²) >= 11 is 0. The van der Waals surface area contributed by atoms with Gasteiger partial charge in [-0.15, -0.1) is 0 Å². The summed E-state index contributed by atoms with van der Waals surface area (Å²) in [4.78, 5) is 2.19. The number of nitrogens with one attached hydrogen (secondary N) is 1. The van der Waals surface area contributed by atoms with E-state index >= 15 is 0 Å². The van der Waals surface area contributed by atoms with Crippen molar-refractivity contribution < 1.29 is 8.42 Å². The molecule has 0 aliphatic carbocycles. The predicted octanol–water partition coefficient (Wildman–Crippen LogP) is 0.548. The maximum atomic E-state index is 11.9. The van der Waals surface area contributed by atoms with Gasteiger partial charge in [0.25, 0.3) is 0 Å². The molecule has 3 atom stereocenters. The molecule has 5 nitrogen and oxygen atoms in total. The Morgan fingerprint density at radius 3 is 2.71 bits per heavy atom. The lowest BCUT2D eigenvalue weighted by molar-refractivity contribution is 0.188. The van der Waals surface area contributed by atoms with Crippen LogP contribution in [-0.4, -0.2) is 44.7 Å². The molecule has 1 N–H and O–H groups in total. The van der Waals surface area contributed by atoms with Crippen molar-refractivity contribution in [3.05, 3.63) is 0 Å². The molecule has 1 heterocycles. The first-order valence-corrected chi connectivity index (χ1v) is 7.54. The van der Waals surface area contributed by atoms with Gasteiger partial charge in [-0.25, -0.2) is 13.1 Å². The molecule has 1 aliphatic heterocycles. The largest absolute Gasteiger partial charge is 0.306 e. The number of hydrogen-bond donors (Lipinski definition) is 1. The Balaban J connectivity index is 2.68. The minimum absolute atomic E-state index is 0.0430. The van der Waals surface area contributed by atoms with Crippen LogP contribution in [0.2, 0.25) is 0 Å². The second-order valence-corrected chi connectivity index (χ2v) is 6.72. The number of nitriles is 1. The quantitative estimate of drug-likeness (QED) is 0.800. The Bertz CT molecular complexity index is 388. The molecule has 1 rings (SSSR count). The van der Waals surface area contributed by atoms with E-state index in [1.54, 1.807) is 6.92 Å². The average Bonchev–Trinajstić information content (AvgIpc) is 2.23. The van der Waals surface area contributed by atoms with Crippen LogP contribution in [-0.2, 0) is 10.0 Å². The summed E-state index contributed by atoms with van der Waals surface area (Å²) in [5, 5.41) is 7.89. The SMILES string of the molecule is CCC(C#N)S(=O)(=O)NC1CCN(C)CC1C. The Labute approximate surface area is 104 Å². The van der Waals surface area contributed by atoms with Crippen molar-refractivity contribution in [3.63, 3.8) is 0 Å². The van der Waals surface area contributed by atoms with Crippen molar-refractivity contribution >= 4 is 10.0 Å². The molecule has 1 fully saturated rings. The van der Waals surface area contributed by atoms with Crippen molar-refractivity contribution in [3.8, 4) is 6.07 Å². The van der Waals surface area contributed by atoms with Gasteiger partial charge < -0.3 is 4.90 Å². The molecule has 1 saturated heterocycles. The fraction of sp³-hybridized carbons (Fsp3) is 0.909. The third kappa shape index (κ3) is 3.66. The van der Waals surface area contributed by atoms with Crippen LogP contribution >= 0.6 is 0 Å². The van der Waals surface area contributed by atoms with Gasteiger partial charge in [-0.2, -0.15) is 5.26 Å². The highest BCUT2D eigenvalue weighted by Gasteiger charge is 2.31. The summed E-state index contributed by atoms with van der Waals surface area (Å²) in [7, 11) is -1.47. The highest BCUT2D eigenvalue weighted by molar-refractivity contribution is 7.90. The lowest BCUT2D eigenvalue weighted by Crippen LogP contribution is -2.50. The van der Waals surface area contributed by atoms with Crippen LogP contribution in [0.1, 0.15) is 26.7 Å². The van der Waals surface area contributed by atoms with Crippen LogP contribution in [0.25, 0.3) is 0 Å². The molecule has 6 heteroatoms. The Kier molecular flexibility index (Phi) is 4.92. The predicted molar refractivity (Wildman–Crippen MR) is 66.8 cm³/mol. The minimum Gasteiger partial charge on any atom is -0.306 e. The standard InChI is InChI=1S/C11H21N3O2S/c1-4-10(7-12)17(15,16)13-11-5-6-14(3)8-9(11)2/h9-11,13H,4-6,8H2,1-3H3. The van der Waals surface area contributed by atoms with E-state index in [-0.39, 0.29) is 12.0 Å². The molecular weight excluding hydrogens is 238 g/mol. The van der Waals surface area contributed by atoms with Crippen LogP contribution in [0.3, 0.4) is 0 Å². The van der Waals surface area contributed by atoms with Crippen molar-refractivity contribution in [2.45, 2.75) is 38.0 Å². The molecule has 17 heavy (non-hydrogen) atoms. The summed E-state index contributed by atoms with van der Waals surface area (Å²) < 4.78 is 26.6. The van der Waals surface area contributed by atoms with Gasteiger partial charge in [-0.05, 0) is 32.4 Å². The molecule has 0 aromatic carbocycles. The maximum Gasteiger partial charge on any atom is 0.228 e. The normalized spacial score (nSPS) is 28.6. The van der Waals surface area contributed by atoms with Crippen molar-refractivity contribution in [2.75, 3.05) is 20.1 Å². The Morgan fingerprint density at radius 2 is 2.24 bits per heavy atom. The summed E-state index contributed by atoms with van der Waals surface area (Å²) in [6.07, 6.45) is 1.13. The minimum atomic E-state index is -3.50. The lowest BCUT2D eigenvalue weighted by Gasteiger charge is -2.35. The number of nitrogens with zero attached hydrogens (tertiary/aromatic N) is 2. The van der Waals surface area contributed by atoms with Crippen LogP contribution in [0.15, 0.2) is 0 Å². The second kappa shape index (κ2) is 5.80. The fourth-order valence-corrected chi connectivity index (χ4v) is 3.72. The van der Waals surface area contributed by atoms with E-state index in [2.05, 4.69) is 9.62 Å². The molecular formula is C11H21N3O2S. The van der Waals surface area contributed by atoms with Crippen LogP contribution < -0.4 is 4.72 Å². The van der Waals surface area contributed by atoms with Gasteiger partial charge >= 0.3 is 0 Å².